The minimum atomic E-state index is 0.266. The van der Waals surface area contributed by atoms with Gasteiger partial charge in [0, 0.05) is 11.6 Å². The van der Waals surface area contributed by atoms with Gasteiger partial charge in [0.1, 0.15) is 5.75 Å². The van der Waals surface area contributed by atoms with Crippen molar-refractivity contribution in [2.75, 3.05) is 5.32 Å². The van der Waals surface area contributed by atoms with Crippen LogP contribution in [-0.2, 0) is 0 Å². The van der Waals surface area contributed by atoms with Gasteiger partial charge in [-0.25, -0.2) is 9.50 Å². The molecule has 0 amide bonds. The molecule has 0 spiro atoms. The molecule has 22 heavy (non-hydrogen) atoms. The highest BCUT2D eigenvalue weighted by Crippen LogP contribution is 2.27. The molecular formula is C16H18N4OS. The van der Waals surface area contributed by atoms with Crippen molar-refractivity contribution in [2.24, 2.45) is 0 Å². The molecule has 1 aliphatic carbocycles. The molecular weight excluding hydrogens is 296 g/mol. The zero-order valence-corrected chi connectivity index (χ0v) is 13.0. The Morgan fingerprint density at radius 3 is 2.64 bits per heavy atom. The van der Waals surface area contributed by atoms with Gasteiger partial charge in [-0.1, -0.05) is 30.6 Å². The highest BCUT2D eigenvalue weighted by Gasteiger charge is 2.16. The Balaban J connectivity index is 1.55. The van der Waals surface area contributed by atoms with E-state index in [2.05, 4.69) is 15.4 Å². The lowest BCUT2D eigenvalue weighted by molar-refractivity contribution is 0.462. The number of fused-ring (bicyclic) bond motifs is 1. The van der Waals surface area contributed by atoms with Gasteiger partial charge in [-0.05, 0) is 37.1 Å². The molecule has 1 aromatic carbocycles. The second kappa shape index (κ2) is 5.61. The van der Waals surface area contributed by atoms with E-state index >= 15 is 0 Å². The Morgan fingerprint density at radius 1 is 1.14 bits per heavy atom. The fraction of sp³-hybridized carbons (Fsp3) is 0.375. The number of hydrogen-bond donors (Lipinski definition) is 2. The van der Waals surface area contributed by atoms with Crippen molar-refractivity contribution in [3.8, 4) is 17.0 Å². The summed E-state index contributed by atoms with van der Waals surface area (Å²) >= 11 is 1.59. The lowest BCUT2D eigenvalue weighted by Crippen LogP contribution is -2.22. The van der Waals surface area contributed by atoms with E-state index in [0.29, 0.717) is 6.04 Å². The molecule has 0 unspecified atom stereocenters. The number of nitrogens with zero attached hydrogens (tertiary/aromatic N) is 3. The van der Waals surface area contributed by atoms with Crippen molar-refractivity contribution in [1.29, 1.82) is 0 Å². The molecule has 1 fully saturated rings. The molecule has 6 heteroatoms. The summed E-state index contributed by atoms with van der Waals surface area (Å²) < 4.78 is 1.83. The molecule has 2 N–H and O–H groups in total. The molecule has 1 aliphatic rings. The molecule has 0 bridgehead atoms. The summed E-state index contributed by atoms with van der Waals surface area (Å²) in [6.07, 6.45) is 8.39. The van der Waals surface area contributed by atoms with Gasteiger partial charge in [0.2, 0.25) is 10.1 Å². The molecule has 0 atom stereocenters. The van der Waals surface area contributed by atoms with Crippen LogP contribution in [-0.4, -0.2) is 25.7 Å². The maximum atomic E-state index is 9.35. The topological polar surface area (TPSA) is 62.5 Å². The number of phenols is 1. The summed E-state index contributed by atoms with van der Waals surface area (Å²) in [5, 5.41) is 18.4. The number of imidazole rings is 1. The highest BCUT2D eigenvalue weighted by molar-refractivity contribution is 7.20. The van der Waals surface area contributed by atoms with E-state index in [4.69, 9.17) is 0 Å². The van der Waals surface area contributed by atoms with E-state index in [1.165, 1.54) is 32.1 Å². The SMILES string of the molecule is Oc1ccc(-c2cn3nc(NC4CCCCC4)sc3n2)cc1. The maximum absolute atomic E-state index is 9.35. The number of rotatable bonds is 3. The Kier molecular flexibility index (Phi) is 3.46. The first-order valence-electron chi connectivity index (χ1n) is 7.70. The van der Waals surface area contributed by atoms with Crippen molar-refractivity contribution in [1.82, 2.24) is 14.6 Å². The van der Waals surface area contributed by atoms with Crippen molar-refractivity contribution < 1.29 is 5.11 Å². The molecule has 0 aliphatic heterocycles. The third-order valence-corrected chi connectivity index (χ3v) is 4.99. The molecule has 2 heterocycles. The normalized spacial score (nSPS) is 16.2. The van der Waals surface area contributed by atoms with Crippen LogP contribution >= 0.6 is 11.3 Å². The van der Waals surface area contributed by atoms with Crippen LogP contribution < -0.4 is 5.32 Å². The van der Waals surface area contributed by atoms with E-state index in [0.717, 1.165) is 21.3 Å². The summed E-state index contributed by atoms with van der Waals surface area (Å²) in [4.78, 5) is 5.51. The number of hydrogen-bond acceptors (Lipinski definition) is 5. The molecule has 0 saturated heterocycles. The minimum absolute atomic E-state index is 0.266. The molecule has 114 valence electrons. The van der Waals surface area contributed by atoms with Crippen LogP contribution in [0.15, 0.2) is 30.5 Å². The van der Waals surface area contributed by atoms with E-state index in [1.807, 2.05) is 22.8 Å². The Hall–Kier alpha value is -2.08. The van der Waals surface area contributed by atoms with Crippen molar-refractivity contribution in [2.45, 2.75) is 38.1 Å². The van der Waals surface area contributed by atoms with Crippen LogP contribution in [0.2, 0.25) is 0 Å². The summed E-state index contributed by atoms with van der Waals surface area (Å²) in [5.74, 6) is 0.266. The van der Waals surface area contributed by atoms with Gasteiger partial charge in [-0.2, -0.15) is 0 Å². The lowest BCUT2D eigenvalue weighted by Gasteiger charge is -2.21. The predicted octanol–water partition coefficient (Wildman–Crippen LogP) is 3.91. The van der Waals surface area contributed by atoms with Gasteiger partial charge >= 0.3 is 0 Å². The first kappa shape index (κ1) is 13.6. The average molecular weight is 314 g/mol. The van der Waals surface area contributed by atoms with Gasteiger partial charge in [0.05, 0.1) is 11.9 Å². The molecule has 4 rings (SSSR count). The van der Waals surface area contributed by atoms with Gasteiger partial charge in [0.15, 0.2) is 0 Å². The smallest absolute Gasteiger partial charge is 0.214 e. The molecule has 1 saturated carbocycles. The van der Waals surface area contributed by atoms with Crippen LogP contribution in [0.1, 0.15) is 32.1 Å². The zero-order chi connectivity index (χ0) is 14.9. The first-order chi connectivity index (χ1) is 10.8. The highest BCUT2D eigenvalue weighted by atomic mass is 32.1. The number of nitrogens with one attached hydrogen (secondary N) is 1. The molecule has 3 aromatic rings. The summed E-state index contributed by atoms with van der Waals surface area (Å²) in [6.45, 7) is 0. The van der Waals surface area contributed by atoms with Gasteiger partial charge in [0.25, 0.3) is 0 Å². The first-order valence-corrected chi connectivity index (χ1v) is 8.52. The van der Waals surface area contributed by atoms with Crippen LogP contribution in [0.3, 0.4) is 0 Å². The molecule has 5 nitrogen and oxygen atoms in total. The minimum Gasteiger partial charge on any atom is -0.508 e. The number of anilines is 1. The third-order valence-electron chi connectivity index (χ3n) is 4.14. The fourth-order valence-electron chi connectivity index (χ4n) is 2.95. The van der Waals surface area contributed by atoms with Crippen LogP contribution in [0.5, 0.6) is 5.75 Å². The average Bonchev–Trinajstić information content (AvgIpc) is 3.07. The van der Waals surface area contributed by atoms with E-state index in [1.54, 1.807) is 23.5 Å². The number of aromatic hydroxyl groups is 1. The van der Waals surface area contributed by atoms with Gasteiger partial charge in [-0.3, -0.25) is 0 Å². The van der Waals surface area contributed by atoms with E-state index < -0.39 is 0 Å². The van der Waals surface area contributed by atoms with Crippen molar-refractivity contribution in [3.63, 3.8) is 0 Å². The lowest BCUT2D eigenvalue weighted by atomic mass is 9.96. The second-order valence-corrected chi connectivity index (χ2v) is 6.74. The van der Waals surface area contributed by atoms with E-state index in [-0.39, 0.29) is 5.75 Å². The maximum Gasteiger partial charge on any atom is 0.214 e. The quantitative estimate of drug-likeness (QED) is 0.769. The van der Waals surface area contributed by atoms with Crippen LogP contribution in [0.25, 0.3) is 16.2 Å². The predicted molar refractivity (Wildman–Crippen MR) is 88.5 cm³/mol. The third kappa shape index (κ3) is 2.66. The number of aromatic nitrogens is 3. The summed E-state index contributed by atoms with van der Waals surface area (Å²) in [6, 6.07) is 7.63. The standard InChI is InChI=1S/C16H18N4OS/c21-13-8-6-11(7-9-13)14-10-20-16(18-14)22-15(19-20)17-12-4-2-1-3-5-12/h6-10,12,21H,1-5H2,(H,17,19). The number of phenolic OH excluding ortho intramolecular Hbond substituents is 1. The van der Waals surface area contributed by atoms with Crippen molar-refractivity contribution in [3.05, 3.63) is 30.5 Å². The molecule has 0 radical (unpaired) electrons. The van der Waals surface area contributed by atoms with Gasteiger partial charge < -0.3 is 10.4 Å². The fourth-order valence-corrected chi connectivity index (χ4v) is 3.81. The van der Waals surface area contributed by atoms with Crippen LogP contribution in [0.4, 0.5) is 5.13 Å². The number of benzene rings is 1. The van der Waals surface area contributed by atoms with Gasteiger partial charge in [-0.15, -0.1) is 5.10 Å². The Bertz CT molecular complexity index is 740. The van der Waals surface area contributed by atoms with Crippen molar-refractivity contribution >= 4 is 21.4 Å². The monoisotopic (exact) mass is 314 g/mol. The summed E-state index contributed by atoms with van der Waals surface area (Å²) in [5.41, 5.74) is 1.86. The largest absolute Gasteiger partial charge is 0.508 e. The summed E-state index contributed by atoms with van der Waals surface area (Å²) in [7, 11) is 0. The Morgan fingerprint density at radius 2 is 1.91 bits per heavy atom. The Labute approximate surface area is 132 Å². The zero-order valence-electron chi connectivity index (χ0n) is 12.2. The van der Waals surface area contributed by atoms with E-state index in [9.17, 15) is 5.11 Å². The second-order valence-electron chi connectivity index (χ2n) is 5.79. The molecule has 2 aromatic heterocycles. The van der Waals surface area contributed by atoms with Crippen LogP contribution in [0, 0.1) is 0 Å².